The SMILES string of the molecule is NNc1cc(N2CCC(CC(N)=O)CC2)ncn1. The van der Waals surface area contributed by atoms with Gasteiger partial charge in [-0.3, -0.25) is 4.79 Å². The maximum atomic E-state index is 10.9. The first-order chi connectivity index (χ1) is 8.69. The Hall–Kier alpha value is -1.89. The van der Waals surface area contributed by atoms with Crippen LogP contribution in [0.15, 0.2) is 12.4 Å². The van der Waals surface area contributed by atoms with Crippen molar-refractivity contribution in [3.05, 3.63) is 12.4 Å². The monoisotopic (exact) mass is 250 g/mol. The Bertz CT molecular complexity index is 416. The van der Waals surface area contributed by atoms with Crippen LogP contribution in [0.25, 0.3) is 0 Å². The van der Waals surface area contributed by atoms with Crippen LogP contribution in [-0.2, 0) is 4.79 Å². The van der Waals surface area contributed by atoms with Gasteiger partial charge in [-0.05, 0) is 18.8 Å². The van der Waals surface area contributed by atoms with E-state index in [1.165, 1.54) is 6.33 Å². The molecule has 5 N–H and O–H groups in total. The van der Waals surface area contributed by atoms with E-state index in [1.807, 2.05) is 6.07 Å². The highest BCUT2D eigenvalue weighted by Crippen LogP contribution is 2.24. The highest BCUT2D eigenvalue weighted by atomic mass is 16.1. The van der Waals surface area contributed by atoms with Gasteiger partial charge >= 0.3 is 0 Å². The molecule has 0 aliphatic carbocycles. The first kappa shape index (κ1) is 12.6. The van der Waals surface area contributed by atoms with Crippen LogP contribution >= 0.6 is 0 Å². The number of nitrogen functional groups attached to an aromatic ring is 1. The van der Waals surface area contributed by atoms with Gasteiger partial charge < -0.3 is 16.1 Å². The van der Waals surface area contributed by atoms with E-state index >= 15 is 0 Å². The van der Waals surface area contributed by atoms with E-state index in [-0.39, 0.29) is 5.91 Å². The van der Waals surface area contributed by atoms with Gasteiger partial charge in [0.1, 0.15) is 18.0 Å². The zero-order chi connectivity index (χ0) is 13.0. The zero-order valence-corrected chi connectivity index (χ0v) is 10.2. The lowest BCUT2D eigenvalue weighted by Gasteiger charge is -2.32. The molecule has 0 atom stereocenters. The molecule has 1 saturated heterocycles. The number of nitrogens with zero attached hydrogens (tertiary/aromatic N) is 3. The fraction of sp³-hybridized carbons (Fsp3) is 0.545. The summed E-state index contributed by atoms with van der Waals surface area (Å²) in [4.78, 5) is 21.2. The van der Waals surface area contributed by atoms with Gasteiger partial charge in [-0.15, -0.1) is 0 Å². The topological polar surface area (TPSA) is 110 Å². The normalized spacial score (nSPS) is 16.6. The maximum absolute atomic E-state index is 10.9. The van der Waals surface area contributed by atoms with Crippen LogP contribution in [0.2, 0.25) is 0 Å². The van der Waals surface area contributed by atoms with Crippen LogP contribution in [0.4, 0.5) is 11.6 Å². The fourth-order valence-corrected chi connectivity index (χ4v) is 2.25. The standard InChI is InChI=1S/C11H18N6O/c12-9(18)5-8-1-3-17(4-2-8)11-6-10(16-13)14-7-15-11/h6-8H,1-5,13H2,(H2,12,18)(H,14,15,16). The van der Waals surface area contributed by atoms with E-state index in [1.54, 1.807) is 0 Å². The second kappa shape index (κ2) is 5.63. The van der Waals surface area contributed by atoms with E-state index in [9.17, 15) is 4.79 Å². The molecular weight excluding hydrogens is 232 g/mol. The third kappa shape index (κ3) is 3.07. The van der Waals surface area contributed by atoms with Crippen molar-refractivity contribution >= 4 is 17.5 Å². The predicted octanol–water partition coefficient (Wildman–Crippen LogP) is -0.146. The molecule has 1 fully saturated rings. The van der Waals surface area contributed by atoms with E-state index in [0.29, 0.717) is 18.2 Å². The lowest BCUT2D eigenvalue weighted by molar-refractivity contribution is -0.119. The van der Waals surface area contributed by atoms with Crippen LogP contribution in [0, 0.1) is 5.92 Å². The summed E-state index contributed by atoms with van der Waals surface area (Å²) in [7, 11) is 0. The molecule has 7 nitrogen and oxygen atoms in total. The molecule has 0 bridgehead atoms. The zero-order valence-electron chi connectivity index (χ0n) is 10.2. The van der Waals surface area contributed by atoms with Crippen molar-refractivity contribution in [1.29, 1.82) is 0 Å². The molecular formula is C11H18N6O. The quantitative estimate of drug-likeness (QED) is 0.506. The second-order valence-electron chi connectivity index (χ2n) is 4.51. The van der Waals surface area contributed by atoms with E-state index in [4.69, 9.17) is 11.6 Å². The fourth-order valence-electron chi connectivity index (χ4n) is 2.25. The summed E-state index contributed by atoms with van der Waals surface area (Å²) in [5, 5.41) is 0. The molecule has 0 saturated carbocycles. The summed E-state index contributed by atoms with van der Waals surface area (Å²) in [5.74, 6) is 6.95. The number of nitrogens with two attached hydrogens (primary N) is 2. The summed E-state index contributed by atoms with van der Waals surface area (Å²) in [6.07, 6.45) is 3.88. The van der Waals surface area contributed by atoms with Crippen molar-refractivity contribution in [2.45, 2.75) is 19.3 Å². The van der Waals surface area contributed by atoms with Gasteiger partial charge in [0.2, 0.25) is 5.91 Å². The van der Waals surface area contributed by atoms with Crippen molar-refractivity contribution < 1.29 is 4.79 Å². The number of anilines is 2. The van der Waals surface area contributed by atoms with Crippen molar-refractivity contribution in [1.82, 2.24) is 9.97 Å². The summed E-state index contributed by atoms with van der Waals surface area (Å²) >= 11 is 0. The molecule has 0 spiro atoms. The van der Waals surface area contributed by atoms with E-state index in [0.717, 1.165) is 31.7 Å². The molecule has 18 heavy (non-hydrogen) atoms. The number of nitrogens with one attached hydrogen (secondary N) is 1. The van der Waals surface area contributed by atoms with Crippen LogP contribution in [0.3, 0.4) is 0 Å². The van der Waals surface area contributed by atoms with Gasteiger partial charge in [-0.1, -0.05) is 0 Å². The average Bonchev–Trinajstić information content (AvgIpc) is 2.39. The highest BCUT2D eigenvalue weighted by molar-refractivity contribution is 5.74. The Labute approximate surface area is 106 Å². The molecule has 0 radical (unpaired) electrons. The Balaban J connectivity index is 1.94. The first-order valence-electron chi connectivity index (χ1n) is 6.01. The Morgan fingerprint density at radius 3 is 2.78 bits per heavy atom. The molecule has 1 aliphatic heterocycles. The van der Waals surface area contributed by atoms with E-state index in [2.05, 4.69) is 20.3 Å². The Morgan fingerprint density at radius 1 is 1.44 bits per heavy atom. The van der Waals surface area contributed by atoms with Crippen molar-refractivity contribution in [2.75, 3.05) is 23.4 Å². The number of hydrogen-bond acceptors (Lipinski definition) is 6. The van der Waals surface area contributed by atoms with Gasteiger partial charge in [0.25, 0.3) is 0 Å². The van der Waals surface area contributed by atoms with Gasteiger partial charge in [0.15, 0.2) is 0 Å². The molecule has 98 valence electrons. The van der Waals surface area contributed by atoms with Gasteiger partial charge in [0.05, 0.1) is 0 Å². The summed E-state index contributed by atoms with van der Waals surface area (Å²) in [6, 6.07) is 1.81. The molecule has 1 aromatic heterocycles. The summed E-state index contributed by atoms with van der Waals surface area (Å²) in [5.41, 5.74) is 7.71. The molecule has 2 rings (SSSR count). The van der Waals surface area contributed by atoms with E-state index < -0.39 is 0 Å². The number of hydrazine groups is 1. The van der Waals surface area contributed by atoms with Crippen molar-refractivity contribution in [3.8, 4) is 0 Å². The molecule has 1 aliphatic rings. The second-order valence-corrected chi connectivity index (χ2v) is 4.51. The average molecular weight is 250 g/mol. The van der Waals surface area contributed by atoms with Crippen LogP contribution < -0.4 is 21.9 Å². The Morgan fingerprint density at radius 2 is 2.17 bits per heavy atom. The van der Waals surface area contributed by atoms with Gasteiger partial charge in [0, 0.05) is 25.6 Å². The third-order valence-electron chi connectivity index (χ3n) is 3.23. The Kier molecular flexibility index (Phi) is 3.93. The minimum absolute atomic E-state index is 0.217. The number of hydrogen-bond donors (Lipinski definition) is 3. The maximum Gasteiger partial charge on any atom is 0.217 e. The van der Waals surface area contributed by atoms with Gasteiger partial charge in [-0.25, -0.2) is 15.8 Å². The number of carbonyl (C=O) groups excluding carboxylic acids is 1. The molecule has 2 heterocycles. The third-order valence-corrected chi connectivity index (χ3v) is 3.23. The van der Waals surface area contributed by atoms with Crippen LogP contribution in [-0.4, -0.2) is 29.0 Å². The number of piperidine rings is 1. The molecule has 0 unspecified atom stereocenters. The van der Waals surface area contributed by atoms with Crippen LogP contribution in [0.5, 0.6) is 0 Å². The van der Waals surface area contributed by atoms with Crippen molar-refractivity contribution in [2.24, 2.45) is 17.5 Å². The number of carbonyl (C=O) groups is 1. The van der Waals surface area contributed by atoms with Crippen LogP contribution in [0.1, 0.15) is 19.3 Å². The minimum Gasteiger partial charge on any atom is -0.370 e. The summed E-state index contributed by atoms with van der Waals surface area (Å²) < 4.78 is 0. The highest BCUT2D eigenvalue weighted by Gasteiger charge is 2.21. The number of rotatable bonds is 4. The minimum atomic E-state index is -0.217. The number of aromatic nitrogens is 2. The lowest BCUT2D eigenvalue weighted by atomic mass is 9.93. The van der Waals surface area contributed by atoms with Gasteiger partial charge in [-0.2, -0.15) is 0 Å². The smallest absolute Gasteiger partial charge is 0.217 e. The predicted molar refractivity (Wildman–Crippen MR) is 68.6 cm³/mol. The molecule has 1 aromatic rings. The number of primary amides is 1. The molecule has 0 aromatic carbocycles. The molecule has 1 amide bonds. The summed E-state index contributed by atoms with van der Waals surface area (Å²) in [6.45, 7) is 1.75. The van der Waals surface area contributed by atoms with Crippen molar-refractivity contribution in [3.63, 3.8) is 0 Å². The largest absolute Gasteiger partial charge is 0.370 e. The molecule has 7 heteroatoms. The lowest BCUT2D eigenvalue weighted by Crippen LogP contribution is -2.35. The first-order valence-corrected chi connectivity index (χ1v) is 6.01. The number of amides is 1.